The van der Waals surface area contributed by atoms with Crippen molar-refractivity contribution in [1.29, 1.82) is 0 Å². The average Bonchev–Trinajstić information content (AvgIpc) is 2.30. The normalized spacial score (nSPS) is 25.2. The van der Waals surface area contributed by atoms with Gasteiger partial charge < -0.3 is 15.2 Å². The zero-order chi connectivity index (χ0) is 11.4. The van der Waals surface area contributed by atoms with E-state index in [1.54, 1.807) is 12.3 Å². The van der Waals surface area contributed by atoms with Crippen molar-refractivity contribution >= 4 is 5.97 Å². The zero-order valence-corrected chi connectivity index (χ0v) is 8.72. The number of nitrogens with one attached hydrogen (secondary N) is 1. The lowest BCUT2D eigenvalue weighted by Gasteiger charge is -2.35. The van der Waals surface area contributed by atoms with Crippen LogP contribution in [0.25, 0.3) is 0 Å². The van der Waals surface area contributed by atoms with Crippen LogP contribution in [0.3, 0.4) is 0 Å². The maximum Gasteiger partial charge on any atom is 0.306 e. The maximum atomic E-state index is 10.9. The first-order chi connectivity index (χ1) is 7.73. The average molecular weight is 223 g/mol. The molecular weight excluding hydrogens is 210 g/mol. The number of hydrogen-bond acceptors (Lipinski definition) is 5. The van der Waals surface area contributed by atoms with Crippen LogP contribution < -0.4 is 5.32 Å². The first kappa shape index (κ1) is 11.0. The van der Waals surface area contributed by atoms with Gasteiger partial charge in [0.25, 0.3) is 0 Å². The fraction of sp³-hybridized carbons (Fsp3) is 0.500. The molecular formula is C10H13N3O3. The first-order valence-corrected chi connectivity index (χ1v) is 5.06. The number of aliphatic carboxylic acids is 1. The molecule has 16 heavy (non-hydrogen) atoms. The number of morpholine rings is 1. The van der Waals surface area contributed by atoms with E-state index in [-0.39, 0.29) is 6.42 Å². The Bertz CT molecular complexity index is 363. The second-order valence-corrected chi connectivity index (χ2v) is 3.68. The third-order valence-electron chi connectivity index (χ3n) is 2.55. The topological polar surface area (TPSA) is 84.3 Å². The van der Waals surface area contributed by atoms with Gasteiger partial charge in [0.1, 0.15) is 11.9 Å². The molecule has 1 unspecified atom stereocenters. The van der Waals surface area contributed by atoms with Crippen molar-refractivity contribution < 1.29 is 14.6 Å². The van der Waals surface area contributed by atoms with Crippen LogP contribution in [-0.4, -0.2) is 40.7 Å². The molecule has 2 N–H and O–H groups in total. The summed E-state index contributed by atoms with van der Waals surface area (Å²) in [5.74, 6) is -0.901. The van der Waals surface area contributed by atoms with Crippen molar-refractivity contribution in [2.24, 2.45) is 0 Å². The highest BCUT2D eigenvalue weighted by atomic mass is 16.5. The minimum atomic E-state index is -0.901. The van der Waals surface area contributed by atoms with Crippen molar-refractivity contribution in [1.82, 2.24) is 15.3 Å². The smallest absolute Gasteiger partial charge is 0.306 e. The van der Waals surface area contributed by atoms with E-state index in [4.69, 9.17) is 9.84 Å². The molecule has 1 aliphatic heterocycles. The molecule has 0 saturated carbocycles. The van der Waals surface area contributed by atoms with Crippen molar-refractivity contribution in [3.63, 3.8) is 0 Å². The summed E-state index contributed by atoms with van der Waals surface area (Å²) >= 11 is 0. The number of rotatable bonds is 3. The van der Waals surface area contributed by atoms with Gasteiger partial charge in [0, 0.05) is 19.3 Å². The van der Waals surface area contributed by atoms with Gasteiger partial charge in [0.05, 0.1) is 18.7 Å². The molecule has 1 aliphatic rings. The largest absolute Gasteiger partial charge is 0.481 e. The van der Waals surface area contributed by atoms with Gasteiger partial charge >= 0.3 is 5.97 Å². The van der Waals surface area contributed by atoms with Gasteiger partial charge in [0.2, 0.25) is 0 Å². The van der Waals surface area contributed by atoms with E-state index >= 15 is 0 Å². The number of ether oxygens (including phenoxy) is 1. The quantitative estimate of drug-likeness (QED) is 0.736. The molecule has 6 heteroatoms. The Morgan fingerprint density at radius 1 is 1.69 bits per heavy atom. The van der Waals surface area contributed by atoms with Crippen LogP contribution >= 0.6 is 0 Å². The molecule has 1 fully saturated rings. The summed E-state index contributed by atoms with van der Waals surface area (Å²) in [6, 6.07) is 1.69. The Morgan fingerprint density at radius 2 is 2.56 bits per heavy atom. The summed E-state index contributed by atoms with van der Waals surface area (Å²) in [6.45, 7) is 1.67. The van der Waals surface area contributed by atoms with Crippen LogP contribution in [-0.2, 0) is 15.1 Å². The van der Waals surface area contributed by atoms with E-state index in [1.807, 2.05) is 0 Å². The van der Waals surface area contributed by atoms with Crippen LogP contribution in [0.15, 0.2) is 18.6 Å². The van der Waals surface area contributed by atoms with E-state index < -0.39 is 11.6 Å². The lowest BCUT2D eigenvalue weighted by Crippen LogP contribution is -2.49. The van der Waals surface area contributed by atoms with Gasteiger partial charge in [-0.05, 0) is 6.07 Å². The molecule has 0 radical (unpaired) electrons. The highest BCUT2D eigenvalue weighted by Gasteiger charge is 2.39. The zero-order valence-electron chi connectivity index (χ0n) is 8.72. The van der Waals surface area contributed by atoms with Crippen molar-refractivity contribution in [3.8, 4) is 0 Å². The van der Waals surface area contributed by atoms with Crippen LogP contribution in [0.1, 0.15) is 12.1 Å². The Morgan fingerprint density at radius 3 is 3.12 bits per heavy atom. The first-order valence-electron chi connectivity index (χ1n) is 5.06. The Balaban J connectivity index is 2.29. The summed E-state index contributed by atoms with van der Waals surface area (Å²) in [5, 5.41) is 12.1. The van der Waals surface area contributed by atoms with Gasteiger partial charge in [0.15, 0.2) is 0 Å². The van der Waals surface area contributed by atoms with Gasteiger partial charge in [-0.1, -0.05) is 0 Å². The summed E-state index contributed by atoms with van der Waals surface area (Å²) in [6.07, 6.45) is 2.89. The molecule has 6 nitrogen and oxygen atoms in total. The van der Waals surface area contributed by atoms with Gasteiger partial charge in [-0.25, -0.2) is 9.97 Å². The Labute approximate surface area is 92.7 Å². The van der Waals surface area contributed by atoms with Crippen molar-refractivity contribution in [2.45, 2.75) is 12.0 Å². The van der Waals surface area contributed by atoms with E-state index in [0.29, 0.717) is 18.8 Å². The number of aromatic nitrogens is 2. The molecule has 1 saturated heterocycles. The minimum absolute atomic E-state index is 0.100. The second kappa shape index (κ2) is 4.54. The molecule has 0 amide bonds. The molecule has 86 valence electrons. The summed E-state index contributed by atoms with van der Waals surface area (Å²) in [7, 11) is 0. The maximum absolute atomic E-state index is 10.9. The van der Waals surface area contributed by atoms with Gasteiger partial charge in [-0.15, -0.1) is 0 Å². The molecule has 1 atom stereocenters. The van der Waals surface area contributed by atoms with Crippen LogP contribution in [0, 0.1) is 0 Å². The fourth-order valence-electron chi connectivity index (χ4n) is 1.83. The van der Waals surface area contributed by atoms with Gasteiger partial charge in [-0.2, -0.15) is 0 Å². The molecule has 1 aromatic rings. The monoisotopic (exact) mass is 223 g/mol. The third-order valence-corrected chi connectivity index (χ3v) is 2.55. The SMILES string of the molecule is O=C(O)CC1(c2ccncn2)CNCCO1. The summed E-state index contributed by atoms with van der Waals surface area (Å²) in [5.41, 5.74) is -0.260. The molecule has 2 rings (SSSR count). The standard InChI is InChI=1S/C10H13N3O3/c14-9(15)5-10(6-11-3-4-16-10)8-1-2-12-7-13-8/h1-2,7,11H,3-6H2,(H,14,15). The predicted molar refractivity (Wildman–Crippen MR) is 54.8 cm³/mol. The number of carboxylic acid groups (broad SMARTS) is 1. The molecule has 2 heterocycles. The molecule has 0 aromatic carbocycles. The molecule has 0 aliphatic carbocycles. The van der Waals surface area contributed by atoms with Gasteiger partial charge in [-0.3, -0.25) is 4.79 Å². The molecule has 0 spiro atoms. The van der Waals surface area contributed by atoms with E-state index in [9.17, 15) is 4.79 Å². The van der Waals surface area contributed by atoms with Crippen molar-refractivity contribution in [3.05, 3.63) is 24.3 Å². The minimum Gasteiger partial charge on any atom is -0.481 e. The summed E-state index contributed by atoms with van der Waals surface area (Å²) < 4.78 is 5.63. The van der Waals surface area contributed by atoms with Crippen LogP contribution in [0.4, 0.5) is 0 Å². The summed E-state index contributed by atoms with van der Waals surface area (Å²) in [4.78, 5) is 18.8. The molecule has 0 bridgehead atoms. The lowest BCUT2D eigenvalue weighted by molar-refractivity contribution is -0.149. The van der Waals surface area contributed by atoms with Crippen molar-refractivity contribution in [2.75, 3.05) is 19.7 Å². The predicted octanol–water partition coefficient (Wildman–Crippen LogP) is -0.234. The fourth-order valence-corrected chi connectivity index (χ4v) is 1.83. The van der Waals surface area contributed by atoms with E-state index in [2.05, 4.69) is 15.3 Å². The second-order valence-electron chi connectivity index (χ2n) is 3.68. The lowest BCUT2D eigenvalue weighted by atomic mass is 9.93. The highest BCUT2D eigenvalue weighted by molar-refractivity contribution is 5.68. The number of hydrogen-bond donors (Lipinski definition) is 2. The van der Waals surface area contributed by atoms with Crippen LogP contribution in [0.2, 0.25) is 0 Å². The number of carboxylic acids is 1. The van der Waals surface area contributed by atoms with E-state index in [0.717, 1.165) is 6.54 Å². The Hall–Kier alpha value is -1.53. The van der Waals surface area contributed by atoms with E-state index in [1.165, 1.54) is 6.33 Å². The number of nitrogens with zero attached hydrogens (tertiary/aromatic N) is 2. The third kappa shape index (κ3) is 2.17. The molecule has 1 aromatic heterocycles. The Kier molecular flexibility index (Phi) is 3.12. The number of carbonyl (C=O) groups is 1. The highest BCUT2D eigenvalue weighted by Crippen LogP contribution is 2.28. The van der Waals surface area contributed by atoms with Crippen LogP contribution in [0.5, 0.6) is 0 Å².